The molecular weight excluding hydrogens is 961 g/mol. The predicted molar refractivity (Wildman–Crippen MR) is 264 cm³/mol. The second-order valence-electron chi connectivity index (χ2n) is 16.8. The van der Waals surface area contributed by atoms with Gasteiger partial charge in [0.05, 0.1) is 28.3 Å². The fraction of sp³-hybridized carbons (Fsp3) is 0.127. The van der Waals surface area contributed by atoms with Crippen LogP contribution in [0.5, 0.6) is 0 Å². The van der Waals surface area contributed by atoms with Gasteiger partial charge in [-0.25, -0.2) is 0 Å². The highest BCUT2D eigenvalue weighted by molar-refractivity contribution is 14.1. The molecule has 0 bridgehead atoms. The summed E-state index contributed by atoms with van der Waals surface area (Å²) < 4.78 is 6.01. The first-order valence-electron chi connectivity index (χ1n) is 20.1. The van der Waals surface area contributed by atoms with Crippen LogP contribution in [0.15, 0.2) is 178 Å². The molecule has 0 saturated heterocycles. The summed E-state index contributed by atoms with van der Waals surface area (Å²) in [7, 11) is 0. The molecule has 1 nitrogen and oxygen atoms in total. The van der Waals surface area contributed by atoms with Gasteiger partial charge in [-0.1, -0.05) is 144 Å². The van der Waals surface area contributed by atoms with Gasteiger partial charge < -0.3 is 4.57 Å². The molecule has 4 aliphatic rings. The Balaban J connectivity index is 0.000000118. The van der Waals surface area contributed by atoms with Crippen molar-refractivity contribution in [2.45, 2.75) is 44.9 Å². The molecule has 286 valence electrons. The number of fused-ring (bicyclic) bond motifs is 11. The molecule has 12 rings (SSSR count). The van der Waals surface area contributed by atoms with E-state index in [1.54, 1.807) is 0 Å². The number of rotatable bonds is 1. The molecule has 8 aromatic rings. The van der Waals surface area contributed by atoms with Crippen molar-refractivity contribution in [2.75, 3.05) is 0 Å². The van der Waals surface area contributed by atoms with Crippen LogP contribution in [0.4, 0.5) is 0 Å². The Bertz CT molecular complexity index is 3010. The quantitative estimate of drug-likeness (QED) is 0.114. The van der Waals surface area contributed by atoms with Gasteiger partial charge in [0.15, 0.2) is 0 Å². The molecule has 0 saturated carbocycles. The maximum atomic E-state index is 3.66. The maximum absolute atomic E-state index is 3.66. The third kappa shape index (κ3) is 6.42. The van der Waals surface area contributed by atoms with Gasteiger partial charge in [0, 0.05) is 57.9 Å². The Morgan fingerprint density at radius 1 is 0.542 bits per heavy atom. The van der Waals surface area contributed by atoms with Gasteiger partial charge >= 0.3 is 0 Å². The number of halogens is 3. The fourth-order valence-corrected chi connectivity index (χ4v) is 10.9. The number of nitrogens with zero attached hydrogens (tertiary/aromatic N) is 1. The zero-order valence-corrected chi connectivity index (χ0v) is 38.7. The number of aromatic nitrogens is 1. The van der Waals surface area contributed by atoms with Crippen LogP contribution in [0, 0.1) is 9.65 Å². The first-order chi connectivity index (χ1) is 28.5. The molecule has 59 heavy (non-hydrogen) atoms. The van der Waals surface area contributed by atoms with Gasteiger partial charge in [-0.2, -0.15) is 0 Å². The van der Waals surface area contributed by atoms with Crippen LogP contribution >= 0.6 is 54.5 Å². The van der Waals surface area contributed by atoms with E-state index in [1.165, 1.54) is 97.8 Å². The van der Waals surface area contributed by atoms with E-state index in [4.69, 9.17) is 0 Å². The van der Waals surface area contributed by atoms with Crippen LogP contribution in [0.1, 0.15) is 61.1 Å². The minimum Gasteiger partial charge on any atom is -0.309 e. The minimum absolute atomic E-state index is 0.0246. The van der Waals surface area contributed by atoms with Crippen LogP contribution in [0.2, 0.25) is 0 Å². The zero-order valence-electron chi connectivity index (χ0n) is 33.4. The summed E-state index contributed by atoms with van der Waals surface area (Å²) in [6.07, 6.45) is 10.4. The summed E-state index contributed by atoms with van der Waals surface area (Å²) >= 11 is 9.62. The maximum Gasteiger partial charge on any atom is 0.107 e. The molecule has 0 spiro atoms. The van der Waals surface area contributed by atoms with Gasteiger partial charge in [0.1, 0.15) is 12.2 Å². The molecule has 0 N–H and O–H groups in total. The number of benzene rings is 7. The third-order valence-corrected chi connectivity index (χ3v) is 14.4. The van der Waals surface area contributed by atoms with Crippen molar-refractivity contribution in [3.05, 3.63) is 221 Å². The largest absolute Gasteiger partial charge is 0.309 e. The van der Waals surface area contributed by atoms with Gasteiger partial charge in [-0.15, -0.1) is 0 Å². The molecule has 4 aliphatic carbocycles. The molecule has 0 unspecified atom stereocenters. The smallest absolute Gasteiger partial charge is 0.107 e. The van der Waals surface area contributed by atoms with E-state index in [2.05, 4.69) is 251 Å². The number of para-hydroxylation sites is 2. The molecule has 0 aliphatic heterocycles. The molecule has 1 aromatic heterocycles. The highest BCUT2D eigenvalue weighted by Crippen LogP contribution is 2.51. The molecule has 0 atom stereocenters. The average molecular weight is 1000 g/mol. The Morgan fingerprint density at radius 3 is 1.68 bits per heavy atom. The zero-order chi connectivity index (χ0) is 40.6. The number of hydrogen-bond acceptors (Lipinski definition) is 0. The van der Waals surface area contributed by atoms with Crippen LogP contribution in [-0.4, -0.2) is 4.57 Å². The minimum atomic E-state index is -0.0246. The molecule has 0 fully saturated rings. The van der Waals surface area contributed by atoms with E-state index in [0.717, 1.165) is 15.4 Å². The van der Waals surface area contributed by atoms with Crippen molar-refractivity contribution in [3.8, 4) is 27.9 Å². The first-order valence-corrected chi connectivity index (χ1v) is 22.8. The Kier molecular flexibility index (Phi) is 9.57. The van der Waals surface area contributed by atoms with Crippen LogP contribution in [-0.2, 0) is 17.3 Å². The van der Waals surface area contributed by atoms with Crippen LogP contribution in [0.3, 0.4) is 0 Å². The van der Waals surface area contributed by atoms with Crippen molar-refractivity contribution < 1.29 is 0 Å². The van der Waals surface area contributed by atoms with E-state index >= 15 is 0 Å². The number of hydrogen-bond donors (Lipinski definition) is 0. The summed E-state index contributed by atoms with van der Waals surface area (Å²) in [5.41, 5.74) is 20.6. The Morgan fingerprint density at radius 2 is 1.05 bits per heavy atom. The summed E-state index contributed by atoms with van der Waals surface area (Å²) in [5.74, 6) is 0. The predicted octanol–water partition coefficient (Wildman–Crippen LogP) is 16.1. The summed E-state index contributed by atoms with van der Waals surface area (Å²) in [5, 5.41) is 2.60. The van der Waals surface area contributed by atoms with E-state index in [0.29, 0.717) is 0 Å². The standard InChI is InChI=1S/C27H20BrN.C15H12BrI.C13H9/c1-27(2)23-15-17(28)11-13-19(23)20-14-12-18(16-24(20)27)29-25-9-5-3-7-21(25)22-8-4-6-10-26(22)29;1-15(2)13-7-9(16)3-5-11(13)12-6-4-10(17)8-14(12)15;1-3-7-12-10(5-1)9-11-6-2-4-8-13(11)12/h3-16H,1-2H3;3-8H,1-2H3;1,3-8H,9H2/q;;+1. The molecule has 0 radical (unpaired) electrons. The summed E-state index contributed by atoms with van der Waals surface area (Å²) in [4.78, 5) is 0. The fourth-order valence-electron chi connectivity index (χ4n) is 9.74. The SMILES string of the molecule is CC1(C)c2cc(Br)ccc2-c2ccc(-n3c4ccccc4c4ccccc43)cc21.CC1(C)c2cc(Br)ccc2-c2ccc(I)cc21.[C+]1=CC2=C(C=C1)c1ccccc1C2. The summed E-state index contributed by atoms with van der Waals surface area (Å²) in [6, 6.07) is 53.0. The van der Waals surface area contributed by atoms with E-state index in [-0.39, 0.29) is 10.8 Å². The Hall–Kier alpha value is -4.84. The van der Waals surface area contributed by atoms with Gasteiger partial charge in [0.25, 0.3) is 0 Å². The lowest BCUT2D eigenvalue weighted by Crippen LogP contribution is -2.15. The van der Waals surface area contributed by atoms with E-state index in [1.807, 2.05) is 6.08 Å². The van der Waals surface area contributed by atoms with Gasteiger partial charge in [-0.3, -0.25) is 0 Å². The normalized spacial score (nSPS) is 15.2. The van der Waals surface area contributed by atoms with E-state index in [9.17, 15) is 0 Å². The van der Waals surface area contributed by atoms with Gasteiger partial charge in [-0.05, 0) is 133 Å². The molecule has 7 aromatic carbocycles. The third-order valence-electron chi connectivity index (χ3n) is 12.7. The number of allylic oxidation sites excluding steroid dienone is 6. The van der Waals surface area contributed by atoms with Crippen molar-refractivity contribution >= 4 is 81.8 Å². The summed E-state index contributed by atoms with van der Waals surface area (Å²) in [6.45, 7) is 9.28. The van der Waals surface area contributed by atoms with Gasteiger partial charge in [0.2, 0.25) is 0 Å². The molecule has 1 heterocycles. The molecule has 4 heteroatoms. The molecule has 0 amide bonds. The van der Waals surface area contributed by atoms with Crippen molar-refractivity contribution in [2.24, 2.45) is 0 Å². The van der Waals surface area contributed by atoms with Crippen LogP contribution < -0.4 is 0 Å². The van der Waals surface area contributed by atoms with Crippen molar-refractivity contribution in [1.82, 2.24) is 4.57 Å². The second kappa shape index (κ2) is 14.7. The Labute approximate surface area is 377 Å². The lowest BCUT2D eigenvalue weighted by molar-refractivity contribution is 0.659. The topological polar surface area (TPSA) is 4.93 Å². The highest BCUT2D eigenvalue weighted by Gasteiger charge is 2.37. The van der Waals surface area contributed by atoms with Crippen molar-refractivity contribution in [1.29, 1.82) is 0 Å². The average Bonchev–Trinajstić information content (AvgIpc) is 3.92. The first kappa shape index (κ1) is 38.4. The lowest BCUT2D eigenvalue weighted by Gasteiger charge is -2.22. The second-order valence-corrected chi connectivity index (χ2v) is 19.9. The molecular formula is C55H41Br2IN+. The monoisotopic (exact) mass is 1000 g/mol. The van der Waals surface area contributed by atoms with E-state index < -0.39 is 0 Å². The highest BCUT2D eigenvalue weighted by atomic mass is 127. The lowest BCUT2D eigenvalue weighted by atomic mass is 9.82. The van der Waals surface area contributed by atoms with Crippen LogP contribution in [0.25, 0.3) is 55.3 Å². The van der Waals surface area contributed by atoms with Crippen molar-refractivity contribution in [3.63, 3.8) is 0 Å².